The summed E-state index contributed by atoms with van der Waals surface area (Å²) in [7, 11) is 0. The lowest BCUT2D eigenvalue weighted by Gasteiger charge is -2.22. The monoisotopic (exact) mass is 736 g/mol. The second-order valence-corrected chi connectivity index (χ2v) is 15.7. The first-order valence-corrected chi connectivity index (χ1v) is 22.9. The summed E-state index contributed by atoms with van der Waals surface area (Å²) in [4.78, 5) is 24.3. The zero-order valence-corrected chi connectivity index (χ0v) is 34.8. The van der Waals surface area contributed by atoms with Crippen LogP contribution >= 0.6 is 0 Å². The van der Waals surface area contributed by atoms with Crippen LogP contribution in [0.3, 0.4) is 0 Å². The molecule has 3 N–H and O–H groups in total. The lowest BCUT2D eigenvalue weighted by atomic mass is 10.0. The first-order valence-electron chi connectivity index (χ1n) is 22.9. The highest BCUT2D eigenvalue weighted by atomic mass is 16.5. The highest BCUT2D eigenvalue weighted by molar-refractivity contribution is 5.76. The third kappa shape index (κ3) is 38.3. The smallest absolute Gasteiger partial charge is 0.305 e. The van der Waals surface area contributed by atoms with E-state index in [0.717, 1.165) is 70.6 Å². The van der Waals surface area contributed by atoms with E-state index in [4.69, 9.17) is 4.74 Å². The van der Waals surface area contributed by atoms with Crippen molar-refractivity contribution in [1.29, 1.82) is 0 Å². The summed E-state index contributed by atoms with van der Waals surface area (Å²) < 4.78 is 5.43. The number of carbonyl (C=O) groups is 2. The number of hydrogen-bond acceptors (Lipinski definition) is 5. The zero-order valence-electron chi connectivity index (χ0n) is 34.8. The number of rotatable bonds is 42. The molecule has 308 valence electrons. The van der Waals surface area contributed by atoms with Crippen molar-refractivity contribution in [2.24, 2.45) is 0 Å². The largest absolute Gasteiger partial charge is 0.466 e. The Labute approximate surface area is 323 Å². The van der Waals surface area contributed by atoms with Crippen LogP contribution in [0.25, 0.3) is 0 Å². The van der Waals surface area contributed by atoms with Crippen molar-refractivity contribution in [3.8, 4) is 0 Å². The number of carbonyl (C=O) groups excluding carboxylic acids is 2. The SMILES string of the molecule is CCCCCCCCCCCCCCC(=O)OCCCCCCCC/C=C\CCCCCC(=O)NC(CO)C(O)CCCCCCCCCCCC. The number of amides is 1. The Balaban J connectivity index is 3.49. The quantitative estimate of drug-likeness (QED) is 0.0329. The number of esters is 1. The van der Waals surface area contributed by atoms with E-state index in [1.807, 2.05) is 0 Å². The van der Waals surface area contributed by atoms with Gasteiger partial charge in [-0.05, 0) is 51.4 Å². The minimum absolute atomic E-state index is 0.0125. The number of ether oxygens (including phenoxy) is 1. The van der Waals surface area contributed by atoms with Crippen LogP contribution < -0.4 is 5.32 Å². The molecule has 2 atom stereocenters. The van der Waals surface area contributed by atoms with Crippen molar-refractivity contribution in [2.75, 3.05) is 13.2 Å². The Bertz CT molecular complexity index is 772. The fourth-order valence-corrected chi connectivity index (χ4v) is 6.98. The summed E-state index contributed by atoms with van der Waals surface area (Å²) in [6, 6.07) is -0.558. The van der Waals surface area contributed by atoms with Gasteiger partial charge in [0.1, 0.15) is 0 Å². The average molecular weight is 736 g/mol. The molecular weight excluding hydrogens is 647 g/mol. The number of nitrogens with one attached hydrogen (secondary N) is 1. The maximum Gasteiger partial charge on any atom is 0.305 e. The Morgan fingerprint density at radius 3 is 1.38 bits per heavy atom. The molecule has 0 bridgehead atoms. The molecule has 0 fully saturated rings. The fourth-order valence-electron chi connectivity index (χ4n) is 6.98. The van der Waals surface area contributed by atoms with Crippen LogP contribution in [0.4, 0.5) is 0 Å². The van der Waals surface area contributed by atoms with E-state index in [9.17, 15) is 19.8 Å². The van der Waals surface area contributed by atoms with Gasteiger partial charge in [0.15, 0.2) is 0 Å². The molecule has 2 unspecified atom stereocenters. The van der Waals surface area contributed by atoms with E-state index in [0.29, 0.717) is 25.9 Å². The first-order chi connectivity index (χ1) is 25.5. The molecule has 0 radical (unpaired) electrons. The third-order valence-electron chi connectivity index (χ3n) is 10.6. The van der Waals surface area contributed by atoms with Crippen LogP contribution in [0.5, 0.6) is 0 Å². The minimum atomic E-state index is -0.678. The highest BCUT2D eigenvalue weighted by Crippen LogP contribution is 2.15. The number of allylic oxidation sites excluding steroid dienone is 2. The molecule has 6 nitrogen and oxygen atoms in total. The molecule has 0 aliphatic carbocycles. The summed E-state index contributed by atoms with van der Waals surface area (Å²) >= 11 is 0. The van der Waals surface area contributed by atoms with E-state index in [1.54, 1.807) is 0 Å². The normalized spacial score (nSPS) is 12.8. The Hall–Kier alpha value is -1.40. The molecular formula is C46H89NO5. The van der Waals surface area contributed by atoms with Crippen molar-refractivity contribution in [3.63, 3.8) is 0 Å². The molecule has 0 saturated heterocycles. The zero-order chi connectivity index (χ0) is 38.0. The van der Waals surface area contributed by atoms with E-state index in [2.05, 4.69) is 31.3 Å². The number of aliphatic hydroxyl groups is 2. The lowest BCUT2D eigenvalue weighted by molar-refractivity contribution is -0.143. The van der Waals surface area contributed by atoms with Crippen molar-refractivity contribution in [2.45, 2.75) is 257 Å². The maximum atomic E-state index is 12.4. The number of unbranched alkanes of at least 4 members (excludes halogenated alkanes) is 29. The van der Waals surface area contributed by atoms with Crippen molar-refractivity contribution in [3.05, 3.63) is 12.2 Å². The van der Waals surface area contributed by atoms with Crippen LogP contribution in [0.1, 0.15) is 245 Å². The molecule has 0 aromatic heterocycles. The topological polar surface area (TPSA) is 95.9 Å². The molecule has 6 heteroatoms. The van der Waals surface area contributed by atoms with Gasteiger partial charge in [0, 0.05) is 12.8 Å². The van der Waals surface area contributed by atoms with E-state index < -0.39 is 12.1 Å². The highest BCUT2D eigenvalue weighted by Gasteiger charge is 2.20. The number of hydrogen-bond donors (Lipinski definition) is 3. The maximum absolute atomic E-state index is 12.4. The molecule has 0 aliphatic rings. The van der Waals surface area contributed by atoms with Gasteiger partial charge in [0.05, 0.1) is 25.4 Å². The van der Waals surface area contributed by atoms with Gasteiger partial charge in [-0.25, -0.2) is 0 Å². The molecule has 0 aromatic carbocycles. The van der Waals surface area contributed by atoms with Gasteiger partial charge >= 0.3 is 5.97 Å². The predicted octanol–water partition coefficient (Wildman–Crippen LogP) is 13.0. The summed E-state index contributed by atoms with van der Waals surface area (Å²) in [6.07, 6.45) is 46.0. The van der Waals surface area contributed by atoms with Gasteiger partial charge < -0.3 is 20.3 Å². The molecule has 1 amide bonds. The van der Waals surface area contributed by atoms with Crippen molar-refractivity contribution < 1.29 is 24.5 Å². The summed E-state index contributed by atoms with van der Waals surface area (Å²) in [6.45, 7) is 4.88. The first kappa shape index (κ1) is 50.6. The number of aliphatic hydroxyl groups excluding tert-OH is 2. The molecule has 52 heavy (non-hydrogen) atoms. The van der Waals surface area contributed by atoms with Crippen LogP contribution in [0.15, 0.2) is 12.2 Å². The molecule has 0 aromatic rings. The van der Waals surface area contributed by atoms with Gasteiger partial charge in [-0.2, -0.15) is 0 Å². The molecule has 0 saturated carbocycles. The molecule has 0 spiro atoms. The van der Waals surface area contributed by atoms with Crippen molar-refractivity contribution in [1.82, 2.24) is 5.32 Å². The van der Waals surface area contributed by atoms with Crippen LogP contribution in [-0.4, -0.2) is 47.4 Å². The van der Waals surface area contributed by atoms with Crippen molar-refractivity contribution >= 4 is 11.9 Å². The molecule has 0 rings (SSSR count). The lowest BCUT2D eigenvalue weighted by Crippen LogP contribution is -2.45. The Kier molecular flexibility index (Phi) is 41.2. The van der Waals surface area contributed by atoms with E-state index >= 15 is 0 Å². The predicted molar refractivity (Wildman–Crippen MR) is 223 cm³/mol. The average Bonchev–Trinajstić information content (AvgIpc) is 3.14. The molecule has 0 heterocycles. The van der Waals surface area contributed by atoms with Gasteiger partial charge in [-0.1, -0.05) is 193 Å². The Morgan fingerprint density at radius 1 is 0.519 bits per heavy atom. The van der Waals surface area contributed by atoms with E-state index in [-0.39, 0.29) is 18.5 Å². The second kappa shape index (κ2) is 42.3. The second-order valence-electron chi connectivity index (χ2n) is 15.7. The Morgan fingerprint density at radius 2 is 0.904 bits per heavy atom. The van der Waals surface area contributed by atoms with Gasteiger partial charge in [-0.3, -0.25) is 9.59 Å². The minimum Gasteiger partial charge on any atom is -0.466 e. The summed E-state index contributed by atoms with van der Waals surface area (Å²) in [5, 5.41) is 23.0. The van der Waals surface area contributed by atoms with Crippen LogP contribution in [-0.2, 0) is 14.3 Å². The summed E-state index contributed by atoms with van der Waals surface area (Å²) in [5.41, 5.74) is 0. The van der Waals surface area contributed by atoms with Gasteiger partial charge in [0.2, 0.25) is 5.91 Å². The summed E-state index contributed by atoms with van der Waals surface area (Å²) in [5.74, 6) is -0.0794. The van der Waals surface area contributed by atoms with Crippen LogP contribution in [0, 0.1) is 0 Å². The third-order valence-corrected chi connectivity index (χ3v) is 10.6. The van der Waals surface area contributed by atoms with Gasteiger partial charge in [0.25, 0.3) is 0 Å². The van der Waals surface area contributed by atoms with Crippen LogP contribution in [0.2, 0.25) is 0 Å². The van der Waals surface area contributed by atoms with Gasteiger partial charge in [-0.15, -0.1) is 0 Å². The van der Waals surface area contributed by atoms with E-state index in [1.165, 1.54) is 141 Å². The standard InChI is InChI=1S/C46H89NO5/c1-3-5-7-9-11-13-15-20-24-28-32-36-40-46(51)52-41-37-33-29-25-21-18-16-17-19-23-27-31-35-39-45(50)47-43(42-48)44(49)38-34-30-26-22-14-12-10-8-6-4-2/h17,19,43-44,48-49H,3-16,18,20-42H2,1-2H3,(H,47,50)/b19-17-. The fraction of sp³-hybridized carbons (Fsp3) is 0.913. The molecule has 0 aliphatic heterocycles.